The molecule has 0 radical (unpaired) electrons. The van der Waals surface area contributed by atoms with Gasteiger partial charge in [0.2, 0.25) is 0 Å². The van der Waals surface area contributed by atoms with Crippen LogP contribution in [0.2, 0.25) is 0 Å². The Labute approximate surface area is 156 Å². The van der Waals surface area contributed by atoms with Gasteiger partial charge in [-0.2, -0.15) is 0 Å². The molecular formula is C19H23BrN2O3. The highest BCUT2D eigenvalue weighted by molar-refractivity contribution is 9.10. The maximum atomic E-state index is 12.8. The zero-order valence-corrected chi connectivity index (χ0v) is 16.6. The van der Waals surface area contributed by atoms with E-state index in [0.717, 1.165) is 21.1 Å². The fraction of sp³-hybridized carbons (Fsp3) is 0.474. The molecular weight excluding hydrogens is 384 g/mol. The second-order valence-corrected chi connectivity index (χ2v) is 8.36. The summed E-state index contributed by atoms with van der Waals surface area (Å²) in [5.41, 5.74) is 1.53. The number of carbonyl (C=O) groups is 2. The molecule has 1 aliphatic heterocycles. The van der Waals surface area contributed by atoms with Crippen molar-refractivity contribution >= 4 is 38.7 Å². The summed E-state index contributed by atoms with van der Waals surface area (Å²) in [4.78, 5) is 26.5. The second kappa shape index (κ2) is 6.48. The van der Waals surface area contributed by atoms with E-state index in [-0.39, 0.29) is 18.4 Å². The van der Waals surface area contributed by atoms with Gasteiger partial charge < -0.3 is 14.2 Å². The van der Waals surface area contributed by atoms with Gasteiger partial charge >= 0.3 is 6.09 Å². The zero-order valence-electron chi connectivity index (χ0n) is 15.0. The normalized spacial score (nSPS) is 18.7. The van der Waals surface area contributed by atoms with Crippen molar-refractivity contribution in [1.82, 2.24) is 9.47 Å². The van der Waals surface area contributed by atoms with Crippen LogP contribution in [0.3, 0.4) is 0 Å². The van der Waals surface area contributed by atoms with Gasteiger partial charge in [-0.1, -0.05) is 22.0 Å². The molecule has 0 spiro atoms. The molecule has 2 aromatic rings. The van der Waals surface area contributed by atoms with E-state index in [9.17, 15) is 9.59 Å². The molecule has 0 aliphatic carbocycles. The van der Waals surface area contributed by atoms with E-state index in [0.29, 0.717) is 13.0 Å². The number of amides is 1. The number of rotatable bonds is 1. The predicted octanol–water partition coefficient (Wildman–Crippen LogP) is 4.46. The standard InChI is InChI=1S/C19H23BrN2O3/c1-12-10-13-14(20)6-5-7-15(13)22(12)16-8-9-21(11-17(16)23)18(24)25-19(2,3)4/h5-7,10,16H,8-9,11H2,1-4H3. The van der Waals surface area contributed by atoms with Crippen LogP contribution in [0.25, 0.3) is 10.9 Å². The first kappa shape index (κ1) is 18.0. The zero-order chi connectivity index (χ0) is 18.4. The minimum absolute atomic E-state index is 0.0395. The quantitative estimate of drug-likeness (QED) is 0.701. The van der Waals surface area contributed by atoms with E-state index in [1.165, 1.54) is 4.90 Å². The Balaban J connectivity index is 1.83. The SMILES string of the molecule is Cc1cc2c(Br)cccc2n1C1CCN(C(=O)OC(C)(C)C)CC1=O. The average Bonchev–Trinajstić information content (AvgIpc) is 2.83. The summed E-state index contributed by atoms with van der Waals surface area (Å²) in [5.74, 6) is 0.0395. The van der Waals surface area contributed by atoms with Gasteiger partial charge in [0.05, 0.1) is 18.1 Å². The van der Waals surface area contributed by atoms with Crippen LogP contribution >= 0.6 is 15.9 Å². The third-order valence-electron chi connectivity index (χ3n) is 4.38. The average molecular weight is 407 g/mol. The van der Waals surface area contributed by atoms with E-state index >= 15 is 0 Å². The van der Waals surface area contributed by atoms with Crippen molar-refractivity contribution in [3.8, 4) is 0 Å². The minimum atomic E-state index is -0.559. The maximum absolute atomic E-state index is 12.8. The molecule has 1 aromatic carbocycles. The van der Waals surface area contributed by atoms with Crippen LogP contribution in [0, 0.1) is 6.92 Å². The number of likely N-dealkylation sites (tertiary alicyclic amines) is 1. The molecule has 1 aliphatic rings. The van der Waals surface area contributed by atoms with Crippen molar-refractivity contribution in [2.24, 2.45) is 0 Å². The molecule has 134 valence electrons. The minimum Gasteiger partial charge on any atom is -0.444 e. The van der Waals surface area contributed by atoms with E-state index in [2.05, 4.69) is 26.6 Å². The molecule has 3 rings (SSSR count). The van der Waals surface area contributed by atoms with Crippen LogP contribution in [-0.2, 0) is 9.53 Å². The summed E-state index contributed by atoms with van der Waals surface area (Å²) >= 11 is 3.57. The first-order valence-corrected chi connectivity index (χ1v) is 9.23. The highest BCUT2D eigenvalue weighted by Gasteiger charge is 2.34. The molecule has 0 N–H and O–H groups in total. The largest absolute Gasteiger partial charge is 0.444 e. The highest BCUT2D eigenvalue weighted by atomic mass is 79.9. The van der Waals surface area contributed by atoms with Crippen molar-refractivity contribution in [3.63, 3.8) is 0 Å². The molecule has 5 nitrogen and oxygen atoms in total. The number of halogens is 1. The van der Waals surface area contributed by atoms with Gasteiger partial charge in [-0.25, -0.2) is 4.79 Å². The van der Waals surface area contributed by atoms with Gasteiger partial charge in [0.1, 0.15) is 5.60 Å². The van der Waals surface area contributed by atoms with Crippen molar-refractivity contribution in [2.75, 3.05) is 13.1 Å². The number of benzene rings is 1. The Morgan fingerprint density at radius 1 is 1.32 bits per heavy atom. The van der Waals surface area contributed by atoms with Crippen LogP contribution in [0.1, 0.15) is 38.9 Å². The van der Waals surface area contributed by atoms with Crippen LogP contribution in [0.4, 0.5) is 4.79 Å². The molecule has 2 heterocycles. The van der Waals surface area contributed by atoms with Crippen molar-refractivity contribution in [1.29, 1.82) is 0 Å². The maximum Gasteiger partial charge on any atom is 0.410 e. The molecule has 25 heavy (non-hydrogen) atoms. The fourth-order valence-electron chi connectivity index (χ4n) is 3.33. The summed E-state index contributed by atoms with van der Waals surface area (Å²) in [6, 6.07) is 7.85. The summed E-state index contributed by atoms with van der Waals surface area (Å²) in [6.45, 7) is 8.09. The lowest BCUT2D eigenvalue weighted by atomic mass is 10.0. The van der Waals surface area contributed by atoms with Gasteiger partial charge in [0, 0.05) is 22.1 Å². The van der Waals surface area contributed by atoms with E-state index in [1.807, 2.05) is 45.9 Å². The monoisotopic (exact) mass is 406 g/mol. The lowest BCUT2D eigenvalue weighted by Gasteiger charge is -2.33. The van der Waals surface area contributed by atoms with Crippen LogP contribution in [-0.4, -0.2) is 40.0 Å². The highest BCUT2D eigenvalue weighted by Crippen LogP contribution is 2.32. The summed E-state index contributed by atoms with van der Waals surface area (Å²) in [5, 5.41) is 1.10. The number of nitrogens with zero attached hydrogens (tertiary/aromatic N) is 2. The van der Waals surface area contributed by atoms with Crippen molar-refractivity contribution < 1.29 is 14.3 Å². The molecule has 1 atom stereocenters. The van der Waals surface area contributed by atoms with Gasteiger partial charge in [-0.05, 0) is 52.3 Å². The predicted molar refractivity (Wildman–Crippen MR) is 101 cm³/mol. The third kappa shape index (κ3) is 3.59. The first-order valence-electron chi connectivity index (χ1n) is 8.44. The molecule has 0 saturated carbocycles. The number of aryl methyl sites for hydroxylation is 1. The number of ether oxygens (including phenoxy) is 1. The third-order valence-corrected chi connectivity index (χ3v) is 5.07. The van der Waals surface area contributed by atoms with Crippen LogP contribution < -0.4 is 0 Å². The van der Waals surface area contributed by atoms with E-state index in [1.54, 1.807) is 0 Å². The van der Waals surface area contributed by atoms with Gasteiger partial charge in [-0.3, -0.25) is 4.79 Å². The summed E-state index contributed by atoms with van der Waals surface area (Å²) in [6.07, 6.45) is 0.172. The second-order valence-electron chi connectivity index (χ2n) is 7.50. The molecule has 1 saturated heterocycles. The Morgan fingerprint density at radius 3 is 2.68 bits per heavy atom. The summed E-state index contributed by atoms with van der Waals surface area (Å²) < 4.78 is 8.49. The van der Waals surface area contributed by atoms with Gasteiger partial charge in [-0.15, -0.1) is 0 Å². The molecule has 1 unspecified atom stereocenters. The number of hydrogen-bond acceptors (Lipinski definition) is 3. The number of carbonyl (C=O) groups excluding carboxylic acids is 2. The molecule has 1 fully saturated rings. The van der Waals surface area contributed by atoms with E-state index < -0.39 is 11.7 Å². The molecule has 1 amide bonds. The lowest BCUT2D eigenvalue weighted by Crippen LogP contribution is -2.46. The first-order chi connectivity index (χ1) is 11.7. The fourth-order valence-corrected chi connectivity index (χ4v) is 3.80. The van der Waals surface area contributed by atoms with Crippen LogP contribution in [0.15, 0.2) is 28.7 Å². The number of ketones is 1. The Morgan fingerprint density at radius 2 is 2.04 bits per heavy atom. The Bertz CT molecular complexity index is 835. The van der Waals surface area contributed by atoms with E-state index in [4.69, 9.17) is 4.74 Å². The van der Waals surface area contributed by atoms with Crippen molar-refractivity contribution in [3.05, 3.63) is 34.4 Å². The van der Waals surface area contributed by atoms with Crippen LogP contribution in [0.5, 0.6) is 0 Å². The number of piperidine rings is 1. The number of aromatic nitrogens is 1. The number of Topliss-reactive ketones (excluding diaryl/α,β-unsaturated/α-hetero) is 1. The summed E-state index contributed by atoms with van der Waals surface area (Å²) in [7, 11) is 0. The molecule has 6 heteroatoms. The smallest absolute Gasteiger partial charge is 0.410 e. The Hall–Kier alpha value is -1.82. The lowest BCUT2D eigenvalue weighted by molar-refractivity contribution is -0.125. The number of fused-ring (bicyclic) bond motifs is 1. The van der Waals surface area contributed by atoms with Crippen molar-refractivity contribution in [2.45, 2.75) is 45.8 Å². The molecule has 1 aromatic heterocycles. The Kier molecular flexibility index (Phi) is 4.66. The molecule has 0 bridgehead atoms. The van der Waals surface area contributed by atoms with Gasteiger partial charge in [0.15, 0.2) is 5.78 Å². The van der Waals surface area contributed by atoms with Gasteiger partial charge in [0.25, 0.3) is 0 Å². The topological polar surface area (TPSA) is 51.5 Å². The number of hydrogen-bond donors (Lipinski definition) is 0.